The monoisotopic (exact) mass is 323 g/mol. The molecule has 0 amide bonds. The van der Waals surface area contributed by atoms with Gasteiger partial charge in [0.1, 0.15) is 18.7 Å². The van der Waals surface area contributed by atoms with Gasteiger partial charge in [-0.05, 0) is 46.8 Å². The molecule has 9 heteroatoms. The number of tetrazole rings is 1. The van der Waals surface area contributed by atoms with Gasteiger partial charge in [0.15, 0.2) is 5.65 Å². The summed E-state index contributed by atoms with van der Waals surface area (Å²) >= 11 is 0. The smallest absolute Gasteiger partial charge is 0.350 e. The van der Waals surface area contributed by atoms with Gasteiger partial charge in [-0.2, -0.15) is 0 Å². The predicted molar refractivity (Wildman–Crippen MR) is 84.1 cm³/mol. The molecule has 0 fully saturated rings. The van der Waals surface area contributed by atoms with Crippen LogP contribution in [0.15, 0.2) is 59.8 Å². The van der Waals surface area contributed by atoms with Gasteiger partial charge < -0.3 is 4.74 Å². The Labute approximate surface area is 135 Å². The highest BCUT2D eigenvalue weighted by Crippen LogP contribution is 2.14. The van der Waals surface area contributed by atoms with Crippen LogP contribution in [0, 0.1) is 0 Å². The highest BCUT2D eigenvalue weighted by molar-refractivity contribution is 5.36. The molecule has 9 nitrogen and oxygen atoms in total. The van der Waals surface area contributed by atoms with Crippen LogP contribution in [-0.2, 0) is 6.54 Å². The Bertz CT molecular complexity index is 1000. The molecule has 24 heavy (non-hydrogen) atoms. The first-order chi connectivity index (χ1) is 11.8. The first-order valence-electron chi connectivity index (χ1n) is 7.32. The summed E-state index contributed by atoms with van der Waals surface area (Å²) in [6, 6.07) is 12.8. The Morgan fingerprint density at radius 1 is 1.08 bits per heavy atom. The molecule has 1 aromatic carbocycles. The van der Waals surface area contributed by atoms with Crippen molar-refractivity contribution in [1.82, 2.24) is 34.4 Å². The molecule has 0 bridgehead atoms. The third-order valence-electron chi connectivity index (χ3n) is 3.51. The van der Waals surface area contributed by atoms with Gasteiger partial charge in [-0.3, -0.25) is 4.40 Å². The molecule has 3 aromatic heterocycles. The molecule has 0 saturated heterocycles. The Kier molecular flexibility index (Phi) is 3.50. The van der Waals surface area contributed by atoms with Crippen molar-refractivity contribution in [2.45, 2.75) is 6.54 Å². The van der Waals surface area contributed by atoms with Crippen LogP contribution in [0.1, 0.15) is 0 Å². The third-order valence-corrected chi connectivity index (χ3v) is 3.51. The van der Waals surface area contributed by atoms with Crippen LogP contribution in [0.3, 0.4) is 0 Å². The topological polar surface area (TPSA) is 92.1 Å². The second-order valence-electron chi connectivity index (χ2n) is 5.03. The largest absolute Gasteiger partial charge is 0.492 e. The van der Waals surface area contributed by atoms with E-state index in [2.05, 4.69) is 20.6 Å². The van der Waals surface area contributed by atoms with Crippen LogP contribution in [0.2, 0.25) is 0 Å². The maximum Gasteiger partial charge on any atom is 0.350 e. The zero-order chi connectivity index (χ0) is 16.4. The van der Waals surface area contributed by atoms with E-state index in [-0.39, 0.29) is 5.69 Å². The molecular weight excluding hydrogens is 310 g/mol. The van der Waals surface area contributed by atoms with Crippen molar-refractivity contribution in [1.29, 1.82) is 0 Å². The molecule has 0 aliphatic rings. The summed E-state index contributed by atoms with van der Waals surface area (Å²) in [7, 11) is 0. The normalized spacial score (nSPS) is 11.0. The molecule has 3 heterocycles. The van der Waals surface area contributed by atoms with Gasteiger partial charge >= 0.3 is 5.69 Å². The van der Waals surface area contributed by atoms with Gasteiger partial charge in [0.25, 0.3) is 0 Å². The van der Waals surface area contributed by atoms with Crippen LogP contribution >= 0.6 is 0 Å². The summed E-state index contributed by atoms with van der Waals surface area (Å²) in [5.74, 6) is 0.698. The molecule has 0 atom stereocenters. The summed E-state index contributed by atoms with van der Waals surface area (Å²) in [5.41, 5.74) is 1.28. The Morgan fingerprint density at radius 2 is 1.96 bits per heavy atom. The Morgan fingerprint density at radius 3 is 2.71 bits per heavy atom. The average molecular weight is 323 g/mol. The number of hydrogen-bond donors (Lipinski definition) is 0. The van der Waals surface area contributed by atoms with E-state index >= 15 is 0 Å². The van der Waals surface area contributed by atoms with Crippen LogP contribution in [0.25, 0.3) is 11.3 Å². The highest BCUT2D eigenvalue weighted by atomic mass is 16.5. The fourth-order valence-electron chi connectivity index (χ4n) is 2.34. The summed E-state index contributed by atoms with van der Waals surface area (Å²) in [4.78, 5) is 12.1. The van der Waals surface area contributed by atoms with Crippen LogP contribution in [-0.4, -0.2) is 41.0 Å². The molecule has 0 unspecified atom stereocenters. The lowest BCUT2D eigenvalue weighted by molar-refractivity contribution is 0.289. The number of pyridine rings is 1. The minimum atomic E-state index is -0.178. The van der Waals surface area contributed by atoms with E-state index in [1.807, 2.05) is 30.3 Å². The number of benzene rings is 1. The zero-order valence-corrected chi connectivity index (χ0v) is 12.6. The Hall–Kier alpha value is -3.49. The summed E-state index contributed by atoms with van der Waals surface area (Å²) in [6.07, 6.45) is 3.21. The Balaban J connectivity index is 1.41. The molecule has 120 valence electrons. The molecule has 4 rings (SSSR count). The average Bonchev–Trinajstić information content (AvgIpc) is 3.25. The van der Waals surface area contributed by atoms with Gasteiger partial charge in [0.05, 0.1) is 12.2 Å². The number of fused-ring (bicyclic) bond motifs is 1. The fraction of sp³-hybridized carbons (Fsp3) is 0.133. The van der Waals surface area contributed by atoms with E-state index in [9.17, 15) is 4.79 Å². The number of nitrogens with zero attached hydrogens (tertiary/aromatic N) is 7. The molecule has 0 aliphatic carbocycles. The molecule has 0 spiro atoms. The van der Waals surface area contributed by atoms with Crippen LogP contribution < -0.4 is 10.4 Å². The molecular formula is C15H13N7O2. The van der Waals surface area contributed by atoms with E-state index in [1.54, 1.807) is 23.0 Å². The number of ether oxygens (including phenoxy) is 1. The molecule has 0 radical (unpaired) electrons. The quantitative estimate of drug-likeness (QED) is 0.532. The van der Waals surface area contributed by atoms with Crippen molar-refractivity contribution in [2.75, 3.05) is 6.61 Å². The van der Waals surface area contributed by atoms with E-state index in [4.69, 9.17) is 4.74 Å². The van der Waals surface area contributed by atoms with Gasteiger partial charge in [-0.1, -0.05) is 6.07 Å². The van der Waals surface area contributed by atoms with Crippen LogP contribution in [0.4, 0.5) is 0 Å². The van der Waals surface area contributed by atoms with Crippen LogP contribution in [0.5, 0.6) is 5.75 Å². The summed E-state index contributed by atoms with van der Waals surface area (Å²) < 4.78 is 10.1. The summed E-state index contributed by atoms with van der Waals surface area (Å²) in [6.45, 7) is 0.712. The number of rotatable bonds is 5. The standard InChI is InChI=1S/C15H13N7O2/c23-15-20-8-2-1-3-14(20)17-21(15)9-10-24-13-6-4-12(5-7-13)22-11-16-18-19-22/h1-8,11H,9-10H2. The van der Waals surface area contributed by atoms with Crippen molar-refractivity contribution >= 4 is 5.65 Å². The van der Waals surface area contributed by atoms with Crippen molar-refractivity contribution in [2.24, 2.45) is 0 Å². The van der Waals surface area contributed by atoms with E-state index in [0.29, 0.717) is 24.5 Å². The second kappa shape index (κ2) is 5.95. The number of aromatic nitrogens is 7. The second-order valence-corrected chi connectivity index (χ2v) is 5.03. The fourth-order valence-corrected chi connectivity index (χ4v) is 2.34. The van der Waals surface area contributed by atoms with E-state index in [0.717, 1.165) is 5.69 Å². The van der Waals surface area contributed by atoms with E-state index in [1.165, 1.54) is 15.4 Å². The SMILES string of the molecule is O=c1n(CCOc2ccc(-n3cnnn3)cc2)nc2ccccn12. The van der Waals surface area contributed by atoms with Crippen molar-refractivity contribution in [3.63, 3.8) is 0 Å². The molecule has 0 saturated carbocycles. The third kappa shape index (κ3) is 2.62. The summed E-state index contributed by atoms with van der Waals surface area (Å²) in [5, 5.41) is 15.2. The van der Waals surface area contributed by atoms with E-state index < -0.39 is 0 Å². The maximum atomic E-state index is 12.1. The lowest BCUT2D eigenvalue weighted by Crippen LogP contribution is -2.23. The first kappa shape index (κ1) is 14.1. The lowest BCUT2D eigenvalue weighted by Gasteiger charge is -2.06. The van der Waals surface area contributed by atoms with Gasteiger partial charge in [0, 0.05) is 6.20 Å². The van der Waals surface area contributed by atoms with Crippen molar-refractivity contribution in [3.8, 4) is 11.4 Å². The minimum absolute atomic E-state index is 0.178. The van der Waals surface area contributed by atoms with Gasteiger partial charge in [0.2, 0.25) is 0 Å². The van der Waals surface area contributed by atoms with Gasteiger partial charge in [-0.15, -0.1) is 10.2 Å². The highest BCUT2D eigenvalue weighted by Gasteiger charge is 2.06. The predicted octanol–water partition coefficient (Wildman–Crippen LogP) is 0.551. The lowest BCUT2D eigenvalue weighted by atomic mass is 10.3. The zero-order valence-electron chi connectivity index (χ0n) is 12.6. The maximum absolute atomic E-state index is 12.1. The van der Waals surface area contributed by atoms with Crippen molar-refractivity contribution < 1.29 is 4.74 Å². The van der Waals surface area contributed by atoms with Crippen molar-refractivity contribution in [3.05, 3.63) is 65.5 Å². The molecule has 4 aromatic rings. The minimum Gasteiger partial charge on any atom is -0.492 e. The van der Waals surface area contributed by atoms with Gasteiger partial charge in [-0.25, -0.2) is 14.2 Å². The molecule has 0 aliphatic heterocycles. The first-order valence-corrected chi connectivity index (χ1v) is 7.32. The number of hydrogen-bond acceptors (Lipinski definition) is 6. The molecule has 0 N–H and O–H groups in total.